The van der Waals surface area contributed by atoms with Crippen LogP contribution in [0.4, 0.5) is 0 Å². The normalized spacial score (nSPS) is 16.1. The van der Waals surface area contributed by atoms with Crippen LogP contribution >= 0.6 is 11.3 Å². The number of aromatic hydroxyl groups is 1. The van der Waals surface area contributed by atoms with Gasteiger partial charge in [0.1, 0.15) is 5.75 Å². The molecule has 3 N–H and O–H groups in total. The molecule has 1 aliphatic heterocycles. The Morgan fingerprint density at radius 3 is 2.39 bits per heavy atom. The number of phenolic OH excluding ortho intramolecular Hbond substituents is 1. The van der Waals surface area contributed by atoms with Gasteiger partial charge in [-0.15, -0.1) is 11.3 Å². The maximum absolute atomic E-state index is 12.1. The molecular weight excluding hydrogens is 430 g/mol. The minimum Gasteiger partial charge on any atom is -0.508 e. The van der Waals surface area contributed by atoms with Gasteiger partial charge >= 0.3 is 0 Å². The van der Waals surface area contributed by atoms with Crippen molar-refractivity contribution < 1.29 is 9.90 Å². The Balaban J connectivity index is 1.69. The molecule has 1 fully saturated rings. The fourth-order valence-corrected chi connectivity index (χ4v) is 5.85. The molecule has 33 heavy (non-hydrogen) atoms. The van der Waals surface area contributed by atoms with E-state index in [0.29, 0.717) is 5.56 Å². The highest BCUT2D eigenvalue weighted by Gasteiger charge is 2.29. The average molecular weight is 464 g/mol. The number of hydrogen-bond donors (Lipinski definition) is 2. The van der Waals surface area contributed by atoms with Crippen molar-refractivity contribution in [1.82, 2.24) is 9.80 Å². The molecule has 4 rings (SSSR count). The highest BCUT2D eigenvalue weighted by atomic mass is 32.1. The van der Waals surface area contributed by atoms with E-state index < -0.39 is 0 Å². The SMILES string of the molecule is CCc1c(C(N)=O)ccc(C(c2cccc(O)c2)N2CCN(Cc3cccs3)CC2)c1CC. The Hall–Kier alpha value is -2.67. The Bertz CT molecular complexity index is 1090. The summed E-state index contributed by atoms with van der Waals surface area (Å²) in [5.41, 5.74) is 10.8. The number of carbonyl (C=O) groups excluding carboxylic acids is 1. The van der Waals surface area contributed by atoms with Crippen molar-refractivity contribution in [2.24, 2.45) is 5.73 Å². The van der Waals surface area contributed by atoms with Crippen molar-refractivity contribution in [3.63, 3.8) is 0 Å². The fraction of sp³-hybridized carbons (Fsp3) is 0.370. The van der Waals surface area contributed by atoms with Gasteiger partial charge in [0.25, 0.3) is 0 Å². The summed E-state index contributed by atoms with van der Waals surface area (Å²) in [5.74, 6) is -0.0967. The zero-order valence-corrected chi connectivity index (χ0v) is 20.3. The van der Waals surface area contributed by atoms with Crippen LogP contribution in [0.3, 0.4) is 0 Å². The summed E-state index contributed by atoms with van der Waals surface area (Å²) >= 11 is 1.81. The minimum atomic E-state index is -0.371. The lowest BCUT2D eigenvalue weighted by Gasteiger charge is -2.40. The average Bonchev–Trinajstić information content (AvgIpc) is 3.33. The third-order valence-corrected chi connectivity index (χ3v) is 7.51. The second kappa shape index (κ2) is 10.5. The first-order chi connectivity index (χ1) is 16.0. The monoisotopic (exact) mass is 463 g/mol. The van der Waals surface area contributed by atoms with E-state index in [-0.39, 0.29) is 17.7 Å². The first-order valence-electron chi connectivity index (χ1n) is 11.7. The summed E-state index contributed by atoms with van der Waals surface area (Å²) in [6.45, 7) is 9.08. The van der Waals surface area contributed by atoms with Gasteiger partial charge < -0.3 is 10.8 Å². The van der Waals surface area contributed by atoms with E-state index in [4.69, 9.17) is 5.73 Å². The van der Waals surface area contributed by atoms with Gasteiger partial charge in [0.2, 0.25) is 5.91 Å². The molecule has 0 saturated carbocycles. The largest absolute Gasteiger partial charge is 0.508 e. The Morgan fingerprint density at radius 1 is 1.03 bits per heavy atom. The van der Waals surface area contributed by atoms with E-state index >= 15 is 0 Å². The molecule has 1 amide bonds. The zero-order chi connectivity index (χ0) is 23.4. The molecule has 5 nitrogen and oxygen atoms in total. The molecular formula is C27H33N3O2S. The van der Waals surface area contributed by atoms with Crippen molar-refractivity contribution in [3.05, 3.63) is 86.6 Å². The molecule has 1 aromatic heterocycles. The van der Waals surface area contributed by atoms with Gasteiger partial charge in [0.15, 0.2) is 0 Å². The van der Waals surface area contributed by atoms with Crippen LogP contribution in [-0.2, 0) is 19.4 Å². The number of benzene rings is 2. The van der Waals surface area contributed by atoms with Crippen LogP contribution in [0.2, 0.25) is 0 Å². The molecule has 0 bridgehead atoms. The van der Waals surface area contributed by atoms with Crippen molar-refractivity contribution in [2.75, 3.05) is 26.2 Å². The van der Waals surface area contributed by atoms with Crippen LogP contribution in [-0.4, -0.2) is 47.0 Å². The summed E-state index contributed by atoms with van der Waals surface area (Å²) in [6, 6.07) is 15.9. The topological polar surface area (TPSA) is 69.8 Å². The molecule has 0 radical (unpaired) electrons. The third kappa shape index (κ3) is 5.13. The number of piperazine rings is 1. The Kier molecular flexibility index (Phi) is 7.48. The van der Waals surface area contributed by atoms with Gasteiger partial charge in [-0.05, 0) is 64.7 Å². The van der Waals surface area contributed by atoms with Gasteiger partial charge in [-0.25, -0.2) is 0 Å². The maximum atomic E-state index is 12.1. The molecule has 1 atom stereocenters. The second-order valence-electron chi connectivity index (χ2n) is 8.62. The minimum absolute atomic E-state index is 0.0168. The number of phenols is 1. The number of nitrogens with two attached hydrogens (primary N) is 1. The second-order valence-corrected chi connectivity index (χ2v) is 9.65. The molecule has 0 spiro atoms. The summed E-state index contributed by atoms with van der Waals surface area (Å²) in [4.78, 5) is 18.5. The van der Waals surface area contributed by atoms with Gasteiger partial charge in [0.05, 0.1) is 6.04 Å². The van der Waals surface area contributed by atoms with E-state index in [0.717, 1.165) is 56.7 Å². The van der Waals surface area contributed by atoms with Gasteiger partial charge in [0, 0.05) is 43.2 Å². The lowest BCUT2D eigenvalue weighted by atomic mass is 9.85. The number of primary amides is 1. The smallest absolute Gasteiger partial charge is 0.248 e. The van der Waals surface area contributed by atoms with Crippen molar-refractivity contribution >= 4 is 17.2 Å². The van der Waals surface area contributed by atoms with Crippen LogP contribution in [0.15, 0.2) is 53.9 Å². The summed E-state index contributed by atoms with van der Waals surface area (Å²) in [7, 11) is 0. The first-order valence-corrected chi connectivity index (χ1v) is 12.6. The van der Waals surface area contributed by atoms with E-state index in [1.807, 2.05) is 29.5 Å². The van der Waals surface area contributed by atoms with E-state index in [1.165, 1.54) is 16.0 Å². The van der Waals surface area contributed by atoms with Crippen LogP contribution in [0, 0.1) is 0 Å². The quantitative estimate of drug-likeness (QED) is 0.513. The number of nitrogens with zero attached hydrogens (tertiary/aromatic N) is 2. The molecule has 1 aliphatic rings. The number of rotatable bonds is 8. The summed E-state index contributed by atoms with van der Waals surface area (Å²) < 4.78 is 0. The molecule has 0 aliphatic carbocycles. The molecule has 1 unspecified atom stereocenters. The number of hydrogen-bond acceptors (Lipinski definition) is 5. The standard InChI is InChI=1S/C27H33N3O2S/c1-3-22-23(4-2)25(27(28)32)11-10-24(22)26(19-7-5-8-20(31)17-19)30-14-12-29(13-15-30)18-21-9-6-16-33-21/h5-11,16-17,26,31H,3-4,12-15,18H2,1-2H3,(H2,28,32). The van der Waals surface area contributed by atoms with Crippen LogP contribution < -0.4 is 5.73 Å². The highest BCUT2D eigenvalue weighted by molar-refractivity contribution is 7.09. The predicted octanol–water partition coefficient (Wildman–Crippen LogP) is 4.58. The third-order valence-electron chi connectivity index (χ3n) is 6.65. The highest BCUT2D eigenvalue weighted by Crippen LogP contribution is 2.36. The summed E-state index contributed by atoms with van der Waals surface area (Å²) in [6.07, 6.45) is 1.59. The molecule has 1 saturated heterocycles. The summed E-state index contributed by atoms with van der Waals surface area (Å²) in [5, 5.41) is 12.4. The Morgan fingerprint density at radius 2 is 1.79 bits per heavy atom. The van der Waals surface area contributed by atoms with Gasteiger partial charge in [-0.1, -0.05) is 38.1 Å². The van der Waals surface area contributed by atoms with Crippen molar-refractivity contribution in [2.45, 2.75) is 39.3 Å². The van der Waals surface area contributed by atoms with E-state index in [2.05, 4.69) is 53.3 Å². The van der Waals surface area contributed by atoms with Crippen LogP contribution in [0.5, 0.6) is 5.75 Å². The predicted molar refractivity (Wildman–Crippen MR) is 135 cm³/mol. The number of thiophene rings is 1. The molecule has 174 valence electrons. The van der Waals surface area contributed by atoms with E-state index in [1.54, 1.807) is 6.07 Å². The molecule has 3 aromatic rings. The van der Waals surface area contributed by atoms with Crippen molar-refractivity contribution in [3.8, 4) is 5.75 Å². The zero-order valence-electron chi connectivity index (χ0n) is 19.5. The number of amides is 1. The molecule has 6 heteroatoms. The molecule has 2 heterocycles. The Labute approximate surface area is 200 Å². The number of carbonyl (C=O) groups is 1. The van der Waals surface area contributed by atoms with Gasteiger partial charge in [-0.3, -0.25) is 14.6 Å². The lowest BCUT2D eigenvalue weighted by Crippen LogP contribution is -2.47. The lowest BCUT2D eigenvalue weighted by molar-refractivity contribution is 0.0998. The van der Waals surface area contributed by atoms with Crippen LogP contribution in [0.25, 0.3) is 0 Å². The maximum Gasteiger partial charge on any atom is 0.248 e. The first kappa shape index (κ1) is 23.5. The fourth-order valence-electron chi connectivity index (χ4n) is 5.10. The van der Waals surface area contributed by atoms with Crippen molar-refractivity contribution in [1.29, 1.82) is 0 Å². The molecule has 2 aromatic carbocycles. The van der Waals surface area contributed by atoms with Crippen LogP contribution in [0.1, 0.15) is 57.4 Å². The van der Waals surface area contributed by atoms with E-state index in [9.17, 15) is 9.90 Å². The van der Waals surface area contributed by atoms with Gasteiger partial charge in [-0.2, -0.15) is 0 Å².